The van der Waals surface area contributed by atoms with Crippen molar-refractivity contribution in [2.45, 2.75) is 51.4 Å². The quantitative estimate of drug-likeness (QED) is 0.295. The van der Waals surface area contributed by atoms with Crippen LogP contribution in [0.1, 0.15) is 56.9 Å². The molecule has 2 amide bonds. The van der Waals surface area contributed by atoms with Crippen molar-refractivity contribution in [3.63, 3.8) is 0 Å². The average molecular weight is 465 g/mol. The fourth-order valence-electron chi connectivity index (χ4n) is 4.31. The number of anilines is 2. The van der Waals surface area contributed by atoms with E-state index in [2.05, 4.69) is 29.6 Å². The maximum Gasteiger partial charge on any atom is 0.328 e. The van der Waals surface area contributed by atoms with E-state index in [1.165, 1.54) is 61.1 Å². The standard InChI is InChI=1S/C25H28N4O3S/c1-2-16-28(24(30)26-21-10-6-7-11-23(21)29(31)32)25-27-22(17-33-25)20-14-12-19(13-15-20)18-8-4-3-5-9-18/h6-7,10-15,17-18H,2-5,8-9,16H2,1H3,(H,26,30). The van der Waals surface area contributed by atoms with Crippen LogP contribution >= 0.6 is 11.3 Å². The first-order chi connectivity index (χ1) is 16.1. The van der Waals surface area contributed by atoms with Gasteiger partial charge >= 0.3 is 6.03 Å². The van der Waals surface area contributed by atoms with Gasteiger partial charge in [0.15, 0.2) is 5.13 Å². The number of urea groups is 1. The molecule has 33 heavy (non-hydrogen) atoms. The van der Waals surface area contributed by atoms with Crippen LogP contribution in [0.2, 0.25) is 0 Å². The molecule has 3 aromatic rings. The number of carbonyl (C=O) groups is 1. The number of carbonyl (C=O) groups excluding carboxylic acids is 1. The number of nitrogens with one attached hydrogen (secondary N) is 1. The number of nitro benzene ring substituents is 1. The molecule has 0 bridgehead atoms. The van der Waals surface area contributed by atoms with Gasteiger partial charge in [-0.3, -0.25) is 15.0 Å². The van der Waals surface area contributed by atoms with Gasteiger partial charge in [-0.2, -0.15) is 0 Å². The van der Waals surface area contributed by atoms with Crippen LogP contribution in [0.5, 0.6) is 0 Å². The number of amides is 2. The zero-order valence-electron chi connectivity index (χ0n) is 18.7. The van der Waals surface area contributed by atoms with E-state index in [1.54, 1.807) is 17.0 Å². The molecule has 1 saturated carbocycles. The second-order valence-corrected chi connectivity index (χ2v) is 9.16. The van der Waals surface area contributed by atoms with Crippen LogP contribution in [-0.4, -0.2) is 22.5 Å². The summed E-state index contributed by atoms with van der Waals surface area (Å²) in [6.45, 7) is 2.43. The molecule has 1 N–H and O–H groups in total. The Morgan fingerprint density at radius 1 is 1.15 bits per heavy atom. The molecule has 172 valence electrons. The summed E-state index contributed by atoms with van der Waals surface area (Å²) in [6.07, 6.45) is 7.22. The minimum Gasteiger partial charge on any atom is -0.302 e. The van der Waals surface area contributed by atoms with Crippen molar-refractivity contribution in [3.8, 4) is 11.3 Å². The number of aromatic nitrogens is 1. The molecule has 2 aromatic carbocycles. The Morgan fingerprint density at radius 3 is 2.58 bits per heavy atom. The van der Waals surface area contributed by atoms with Gasteiger partial charge in [-0.25, -0.2) is 9.78 Å². The van der Waals surface area contributed by atoms with E-state index in [9.17, 15) is 14.9 Å². The predicted octanol–water partition coefficient (Wildman–Crippen LogP) is 7.21. The molecule has 7 nitrogen and oxygen atoms in total. The van der Waals surface area contributed by atoms with Crippen molar-refractivity contribution in [3.05, 3.63) is 69.6 Å². The zero-order valence-corrected chi connectivity index (χ0v) is 19.5. The molecule has 1 aliphatic carbocycles. The molecule has 1 heterocycles. The number of nitro groups is 1. The monoisotopic (exact) mass is 464 g/mol. The molecule has 1 aliphatic rings. The summed E-state index contributed by atoms with van der Waals surface area (Å²) in [5.74, 6) is 0.657. The van der Waals surface area contributed by atoms with Gasteiger partial charge in [-0.15, -0.1) is 11.3 Å². The second kappa shape index (κ2) is 10.6. The van der Waals surface area contributed by atoms with Gasteiger partial charge in [0, 0.05) is 23.6 Å². The van der Waals surface area contributed by atoms with Crippen molar-refractivity contribution in [1.29, 1.82) is 0 Å². The molecule has 4 rings (SSSR count). The fraction of sp³-hybridized carbons (Fsp3) is 0.360. The third kappa shape index (κ3) is 5.39. The number of benzene rings is 2. The van der Waals surface area contributed by atoms with E-state index < -0.39 is 11.0 Å². The largest absolute Gasteiger partial charge is 0.328 e. The van der Waals surface area contributed by atoms with Gasteiger partial charge in [0.1, 0.15) is 5.69 Å². The van der Waals surface area contributed by atoms with E-state index in [0.717, 1.165) is 17.7 Å². The van der Waals surface area contributed by atoms with Crippen LogP contribution in [0.15, 0.2) is 53.9 Å². The van der Waals surface area contributed by atoms with E-state index in [1.807, 2.05) is 12.3 Å². The van der Waals surface area contributed by atoms with Crippen molar-refractivity contribution >= 4 is 33.9 Å². The topological polar surface area (TPSA) is 88.4 Å². The molecule has 1 aromatic heterocycles. The Morgan fingerprint density at radius 2 is 1.88 bits per heavy atom. The van der Waals surface area contributed by atoms with Crippen LogP contribution in [0, 0.1) is 10.1 Å². The summed E-state index contributed by atoms with van der Waals surface area (Å²) in [5.41, 5.74) is 3.27. The lowest BCUT2D eigenvalue weighted by atomic mass is 9.84. The Bertz CT molecular complexity index is 1110. The summed E-state index contributed by atoms with van der Waals surface area (Å²) in [5, 5.41) is 16.5. The maximum atomic E-state index is 13.0. The lowest BCUT2D eigenvalue weighted by Gasteiger charge is -2.22. The number of nitrogens with zero attached hydrogens (tertiary/aromatic N) is 3. The summed E-state index contributed by atoms with van der Waals surface area (Å²) < 4.78 is 0. The number of thiazole rings is 1. The molecule has 1 fully saturated rings. The highest BCUT2D eigenvalue weighted by Gasteiger charge is 2.22. The number of hydrogen-bond donors (Lipinski definition) is 1. The first kappa shape index (κ1) is 22.9. The summed E-state index contributed by atoms with van der Waals surface area (Å²) in [6, 6.07) is 14.3. The molecular weight excluding hydrogens is 436 g/mol. The first-order valence-corrected chi connectivity index (χ1v) is 12.3. The Balaban J connectivity index is 1.51. The molecule has 0 aliphatic heterocycles. The minimum absolute atomic E-state index is 0.139. The summed E-state index contributed by atoms with van der Waals surface area (Å²) in [4.78, 5) is 30.0. The number of hydrogen-bond acceptors (Lipinski definition) is 5. The number of para-hydroxylation sites is 2. The molecule has 8 heteroatoms. The Labute approximate surface area is 197 Å². The van der Waals surface area contributed by atoms with Crippen LogP contribution in [0.3, 0.4) is 0 Å². The highest BCUT2D eigenvalue weighted by molar-refractivity contribution is 7.14. The average Bonchev–Trinajstić information content (AvgIpc) is 3.33. The van der Waals surface area contributed by atoms with Crippen molar-refractivity contribution < 1.29 is 9.72 Å². The SMILES string of the molecule is CCCN(C(=O)Nc1ccccc1[N+](=O)[O-])c1nc(-c2ccc(C3CCCCC3)cc2)cs1. The van der Waals surface area contributed by atoms with E-state index >= 15 is 0 Å². The highest BCUT2D eigenvalue weighted by Crippen LogP contribution is 2.34. The Kier molecular flexibility index (Phi) is 7.34. The lowest BCUT2D eigenvalue weighted by molar-refractivity contribution is -0.383. The van der Waals surface area contributed by atoms with Crippen LogP contribution in [0.4, 0.5) is 21.3 Å². The minimum atomic E-state index is -0.502. The van der Waals surface area contributed by atoms with Crippen molar-refractivity contribution in [2.24, 2.45) is 0 Å². The van der Waals surface area contributed by atoms with Gasteiger partial charge in [0.25, 0.3) is 5.69 Å². The van der Waals surface area contributed by atoms with E-state index in [0.29, 0.717) is 17.6 Å². The molecular formula is C25H28N4O3S. The molecule has 0 atom stereocenters. The second-order valence-electron chi connectivity index (χ2n) is 8.33. The number of rotatable bonds is 7. The molecule has 0 spiro atoms. The zero-order chi connectivity index (χ0) is 23.2. The van der Waals surface area contributed by atoms with Crippen LogP contribution in [0.25, 0.3) is 11.3 Å². The lowest BCUT2D eigenvalue weighted by Crippen LogP contribution is -2.35. The van der Waals surface area contributed by atoms with Gasteiger partial charge < -0.3 is 5.32 Å². The normalized spacial score (nSPS) is 14.1. The van der Waals surface area contributed by atoms with Crippen molar-refractivity contribution in [1.82, 2.24) is 4.98 Å². The van der Waals surface area contributed by atoms with E-state index in [-0.39, 0.29) is 11.4 Å². The first-order valence-electron chi connectivity index (χ1n) is 11.4. The smallest absolute Gasteiger partial charge is 0.302 e. The fourth-order valence-corrected chi connectivity index (χ4v) is 5.17. The molecule has 0 saturated heterocycles. The third-order valence-electron chi connectivity index (χ3n) is 6.04. The van der Waals surface area contributed by atoms with Gasteiger partial charge in [0.05, 0.1) is 10.6 Å². The van der Waals surface area contributed by atoms with Crippen molar-refractivity contribution in [2.75, 3.05) is 16.8 Å². The van der Waals surface area contributed by atoms with Gasteiger partial charge in [-0.05, 0) is 36.8 Å². The molecule has 0 radical (unpaired) electrons. The van der Waals surface area contributed by atoms with Crippen LogP contribution in [-0.2, 0) is 0 Å². The molecule has 0 unspecified atom stereocenters. The summed E-state index contributed by atoms with van der Waals surface area (Å²) in [7, 11) is 0. The predicted molar refractivity (Wildman–Crippen MR) is 133 cm³/mol. The van der Waals surface area contributed by atoms with E-state index in [4.69, 9.17) is 4.98 Å². The van der Waals surface area contributed by atoms with Crippen LogP contribution < -0.4 is 10.2 Å². The highest BCUT2D eigenvalue weighted by atomic mass is 32.1. The Hall–Kier alpha value is -3.26. The van der Waals surface area contributed by atoms with Gasteiger partial charge in [0.2, 0.25) is 0 Å². The maximum absolute atomic E-state index is 13.0. The van der Waals surface area contributed by atoms with Gasteiger partial charge in [-0.1, -0.05) is 62.6 Å². The third-order valence-corrected chi connectivity index (χ3v) is 6.90. The summed E-state index contributed by atoms with van der Waals surface area (Å²) >= 11 is 1.39.